The third kappa shape index (κ3) is 6.98. The lowest BCUT2D eigenvalue weighted by Gasteiger charge is -2.26. The molecule has 0 saturated carbocycles. The van der Waals surface area contributed by atoms with E-state index in [1.165, 1.54) is 5.56 Å². The summed E-state index contributed by atoms with van der Waals surface area (Å²) in [4.78, 5) is 33.0. The predicted octanol–water partition coefficient (Wildman–Crippen LogP) is 3.99. The van der Waals surface area contributed by atoms with Crippen molar-refractivity contribution < 1.29 is 14.3 Å². The smallest absolute Gasteiger partial charge is 0.253 e. The fraction of sp³-hybridized carbons (Fsp3) is 0.300. The second-order valence-corrected chi connectivity index (χ2v) is 9.24. The second-order valence-electron chi connectivity index (χ2n) is 9.24. The highest BCUT2D eigenvalue weighted by Gasteiger charge is 2.15. The number of methoxy groups -OCH3 is 1. The summed E-state index contributed by atoms with van der Waals surface area (Å²) in [6.07, 6.45) is 4.42. The molecule has 0 unspecified atom stereocenters. The predicted molar refractivity (Wildman–Crippen MR) is 149 cm³/mol. The average Bonchev–Trinajstić information content (AvgIpc) is 2.95. The highest BCUT2D eigenvalue weighted by molar-refractivity contribution is 5.94. The van der Waals surface area contributed by atoms with Gasteiger partial charge in [-0.25, -0.2) is 0 Å². The van der Waals surface area contributed by atoms with Crippen LogP contribution >= 0.6 is 0 Å². The van der Waals surface area contributed by atoms with Gasteiger partial charge in [0, 0.05) is 69.7 Å². The van der Waals surface area contributed by atoms with Gasteiger partial charge in [0.2, 0.25) is 0 Å². The van der Waals surface area contributed by atoms with Gasteiger partial charge in [-0.1, -0.05) is 6.07 Å². The number of benzene rings is 2. The van der Waals surface area contributed by atoms with E-state index in [4.69, 9.17) is 9.47 Å². The number of fused-ring (bicyclic) bond motifs is 1. The van der Waals surface area contributed by atoms with Crippen molar-refractivity contribution >= 4 is 16.8 Å². The third-order valence-electron chi connectivity index (χ3n) is 6.55. The van der Waals surface area contributed by atoms with Crippen LogP contribution in [0.1, 0.15) is 22.3 Å². The highest BCUT2D eigenvalue weighted by atomic mass is 16.5. The van der Waals surface area contributed by atoms with Crippen LogP contribution in [0.4, 0.5) is 0 Å². The monoisotopic (exact) mass is 514 g/mol. The van der Waals surface area contributed by atoms with Crippen molar-refractivity contribution in [2.75, 3.05) is 40.4 Å². The SMILES string of the molecule is COc1cccc(C(=O)N(C)CCN(CCCOc2ccc3c(ccc(=O)n3C)c2)Cc2ccncc2)c1. The number of nitrogens with zero attached hydrogens (tertiary/aromatic N) is 4. The van der Waals surface area contributed by atoms with Gasteiger partial charge in [0.1, 0.15) is 11.5 Å². The van der Waals surface area contributed by atoms with Gasteiger partial charge in [-0.3, -0.25) is 19.5 Å². The molecule has 0 spiro atoms. The summed E-state index contributed by atoms with van der Waals surface area (Å²) < 4.78 is 12.9. The van der Waals surface area contributed by atoms with Crippen LogP contribution < -0.4 is 15.0 Å². The summed E-state index contributed by atoms with van der Waals surface area (Å²) >= 11 is 0. The van der Waals surface area contributed by atoms with E-state index in [1.807, 2.05) is 55.6 Å². The van der Waals surface area contributed by atoms with Gasteiger partial charge >= 0.3 is 0 Å². The number of carbonyl (C=O) groups is 1. The molecule has 0 N–H and O–H groups in total. The first-order valence-electron chi connectivity index (χ1n) is 12.7. The quantitative estimate of drug-likeness (QED) is 0.266. The van der Waals surface area contributed by atoms with Gasteiger partial charge in [-0.2, -0.15) is 0 Å². The van der Waals surface area contributed by atoms with Crippen molar-refractivity contribution in [2.24, 2.45) is 7.05 Å². The Kier molecular flexibility index (Phi) is 9.11. The molecule has 2 aromatic heterocycles. The van der Waals surface area contributed by atoms with Crippen LogP contribution in [0.2, 0.25) is 0 Å². The van der Waals surface area contributed by atoms with E-state index in [0.717, 1.165) is 42.7 Å². The summed E-state index contributed by atoms with van der Waals surface area (Å²) in [6.45, 7) is 3.44. The number of carbonyl (C=O) groups excluding carboxylic acids is 1. The molecule has 4 aromatic rings. The Morgan fingerprint density at radius 2 is 1.76 bits per heavy atom. The second kappa shape index (κ2) is 12.9. The maximum Gasteiger partial charge on any atom is 0.253 e. The summed E-state index contributed by atoms with van der Waals surface area (Å²) in [7, 11) is 5.19. The van der Waals surface area contributed by atoms with Crippen molar-refractivity contribution in [1.82, 2.24) is 19.4 Å². The van der Waals surface area contributed by atoms with E-state index in [2.05, 4.69) is 9.88 Å². The van der Waals surface area contributed by atoms with E-state index in [-0.39, 0.29) is 11.5 Å². The number of likely N-dealkylation sites (N-methyl/N-ethyl adjacent to an activating group) is 1. The maximum atomic E-state index is 12.9. The zero-order chi connectivity index (χ0) is 26.9. The topological polar surface area (TPSA) is 76.9 Å². The third-order valence-corrected chi connectivity index (χ3v) is 6.55. The van der Waals surface area contributed by atoms with Crippen LogP contribution in [0, 0.1) is 0 Å². The van der Waals surface area contributed by atoms with E-state index < -0.39 is 0 Å². The molecule has 8 nitrogen and oxygen atoms in total. The van der Waals surface area contributed by atoms with Gasteiger partial charge in [-0.05, 0) is 66.6 Å². The van der Waals surface area contributed by atoms with Crippen molar-refractivity contribution in [3.63, 3.8) is 0 Å². The summed E-state index contributed by atoms with van der Waals surface area (Å²) in [6, 6.07) is 20.4. The average molecular weight is 515 g/mol. The molecular formula is C30H34N4O4. The molecule has 38 heavy (non-hydrogen) atoms. The van der Waals surface area contributed by atoms with Crippen molar-refractivity contribution in [3.8, 4) is 11.5 Å². The Morgan fingerprint density at radius 1 is 0.947 bits per heavy atom. The fourth-order valence-electron chi connectivity index (χ4n) is 4.32. The molecule has 4 rings (SSSR count). The van der Waals surface area contributed by atoms with Gasteiger partial charge in [0.05, 0.1) is 19.2 Å². The van der Waals surface area contributed by atoms with Gasteiger partial charge in [-0.15, -0.1) is 0 Å². The van der Waals surface area contributed by atoms with E-state index in [0.29, 0.717) is 24.5 Å². The van der Waals surface area contributed by atoms with Gasteiger partial charge in [0.25, 0.3) is 11.5 Å². The van der Waals surface area contributed by atoms with Gasteiger partial charge in [0.15, 0.2) is 0 Å². The van der Waals surface area contributed by atoms with Crippen LogP contribution in [0.25, 0.3) is 10.9 Å². The highest BCUT2D eigenvalue weighted by Crippen LogP contribution is 2.19. The Balaban J connectivity index is 1.33. The zero-order valence-corrected chi connectivity index (χ0v) is 22.2. The standard InChI is InChI=1S/C30H34N4O4/c1-32(30(36)25-6-4-7-26(21-25)37-3)17-18-34(22-23-12-14-31-15-13-23)16-5-19-38-27-9-10-28-24(20-27)8-11-29(35)33(28)2/h4,6-15,20-21H,5,16-19,22H2,1-3H3. The summed E-state index contributed by atoms with van der Waals surface area (Å²) in [5.41, 5.74) is 2.62. The minimum atomic E-state index is -0.0371. The van der Waals surface area contributed by atoms with Crippen molar-refractivity contribution in [2.45, 2.75) is 13.0 Å². The number of hydrogen-bond acceptors (Lipinski definition) is 6. The largest absolute Gasteiger partial charge is 0.497 e. The molecular weight excluding hydrogens is 480 g/mol. The molecule has 198 valence electrons. The Morgan fingerprint density at radius 3 is 2.55 bits per heavy atom. The van der Waals surface area contributed by atoms with E-state index >= 15 is 0 Å². The Labute approximate surface area is 223 Å². The van der Waals surface area contributed by atoms with Crippen LogP contribution in [-0.2, 0) is 13.6 Å². The molecule has 0 aliphatic heterocycles. The number of amides is 1. The molecule has 8 heteroatoms. The number of rotatable bonds is 12. The zero-order valence-electron chi connectivity index (χ0n) is 22.2. The van der Waals surface area contributed by atoms with Crippen molar-refractivity contribution in [1.29, 1.82) is 0 Å². The molecule has 0 saturated heterocycles. The lowest BCUT2D eigenvalue weighted by atomic mass is 10.2. The van der Waals surface area contributed by atoms with Crippen molar-refractivity contribution in [3.05, 3.63) is 101 Å². The number of ether oxygens (including phenoxy) is 2. The molecule has 0 aliphatic carbocycles. The molecule has 2 heterocycles. The van der Waals surface area contributed by atoms with Crippen LogP contribution in [0.3, 0.4) is 0 Å². The number of pyridine rings is 2. The minimum Gasteiger partial charge on any atom is -0.497 e. The molecule has 0 bridgehead atoms. The fourth-order valence-corrected chi connectivity index (χ4v) is 4.32. The molecule has 2 aromatic carbocycles. The maximum absolute atomic E-state index is 12.9. The molecule has 0 aliphatic rings. The summed E-state index contributed by atoms with van der Waals surface area (Å²) in [5.74, 6) is 1.41. The Bertz CT molecular complexity index is 1420. The van der Waals surface area contributed by atoms with E-state index in [1.54, 1.807) is 54.2 Å². The van der Waals surface area contributed by atoms with Gasteiger partial charge < -0.3 is 18.9 Å². The molecule has 1 amide bonds. The normalized spacial score (nSPS) is 11.1. The lowest BCUT2D eigenvalue weighted by Crippen LogP contribution is -2.37. The number of aromatic nitrogens is 2. The Hall–Kier alpha value is -4.17. The van der Waals surface area contributed by atoms with Crippen LogP contribution in [0.5, 0.6) is 11.5 Å². The molecule has 0 atom stereocenters. The number of hydrogen-bond donors (Lipinski definition) is 0. The summed E-state index contributed by atoms with van der Waals surface area (Å²) in [5, 5.41) is 0.965. The molecule has 0 radical (unpaired) electrons. The minimum absolute atomic E-state index is 0.0312. The number of aryl methyl sites for hydroxylation is 1. The lowest BCUT2D eigenvalue weighted by molar-refractivity contribution is 0.0774. The first kappa shape index (κ1) is 26.9. The first-order valence-corrected chi connectivity index (χ1v) is 12.7. The van der Waals surface area contributed by atoms with Crippen LogP contribution in [-0.4, -0.2) is 65.7 Å². The molecule has 0 fully saturated rings. The first-order chi connectivity index (χ1) is 18.4. The van der Waals surface area contributed by atoms with Crippen LogP contribution in [0.15, 0.2) is 83.9 Å². The van der Waals surface area contributed by atoms with E-state index in [9.17, 15) is 9.59 Å².